The predicted molar refractivity (Wildman–Crippen MR) is 97.5 cm³/mol. The lowest BCUT2D eigenvalue weighted by Crippen LogP contribution is -2.30. The van der Waals surface area contributed by atoms with Gasteiger partial charge < -0.3 is 14.8 Å². The van der Waals surface area contributed by atoms with Crippen molar-refractivity contribution in [1.29, 1.82) is 0 Å². The summed E-state index contributed by atoms with van der Waals surface area (Å²) in [7, 11) is 0. The highest BCUT2D eigenvalue weighted by Crippen LogP contribution is 2.33. The van der Waals surface area contributed by atoms with Crippen LogP contribution in [0, 0.1) is 0 Å². The average Bonchev–Trinajstić information content (AvgIpc) is 2.92. The molecule has 7 nitrogen and oxygen atoms in total. The lowest BCUT2D eigenvalue weighted by molar-refractivity contribution is 0.0654. The summed E-state index contributed by atoms with van der Waals surface area (Å²) < 4.78 is 11.0. The third kappa shape index (κ3) is 3.01. The van der Waals surface area contributed by atoms with E-state index < -0.39 is 0 Å². The molecule has 0 spiro atoms. The van der Waals surface area contributed by atoms with E-state index in [0.717, 1.165) is 0 Å². The third-order valence-corrected chi connectivity index (χ3v) is 4.48. The largest absolute Gasteiger partial charge is 0.486 e. The molecule has 0 aromatic heterocycles. The first kappa shape index (κ1) is 17.1. The second-order valence-corrected chi connectivity index (χ2v) is 6.33. The summed E-state index contributed by atoms with van der Waals surface area (Å²) >= 11 is 0. The fourth-order valence-electron chi connectivity index (χ4n) is 3.18. The predicted octanol–water partition coefficient (Wildman–Crippen LogP) is 2.72. The number of amides is 3. The number of carbonyl (C=O) groups is 3. The SMILES string of the molecule is CCCN1C(=O)c2ccc(C(=O)Nc3ccc4c(c3)OCCO4)cc2C1=O. The molecule has 4 rings (SSSR count). The Morgan fingerprint density at radius 2 is 1.74 bits per heavy atom. The van der Waals surface area contributed by atoms with E-state index in [1.807, 2.05) is 6.92 Å². The van der Waals surface area contributed by atoms with Crippen molar-refractivity contribution in [2.24, 2.45) is 0 Å². The van der Waals surface area contributed by atoms with Gasteiger partial charge in [-0.3, -0.25) is 19.3 Å². The monoisotopic (exact) mass is 366 g/mol. The Labute approximate surface area is 155 Å². The van der Waals surface area contributed by atoms with Crippen LogP contribution >= 0.6 is 0 Å². The van der Waals surface area contributed by atoms with E-state index in [4.69, 9.17) is 9.47 Å². The molecule has 2 heterocycles. The lowest BCUT2D eigenvalue weighted by atomic mass is 10.1. The Morgan fingerprint density at radius 1 is 1.00 bits per heavy atom. The van der Waals surface area contributed by atoms with Crippen LogP contribution in [0.15, 0.2) is 36.4 Å². The van der Waals surface area contributed by atoms with Crippen LogP contribution in [0.25, 0.3) is 0 Å². The second-order valence-electron chi connectivity index (χ2n) is 6.33. The Morgan fingerprint density at radius 3 is 2.52 bits per heavy atom. The number of hydrogen-bond donors (Lipinski definition) is 1. The highest BCUT2D eigenvalue weighted by atomic mass is 16.6. The van der Waals surface area contributed by atoms with Crippen molar-refractivity contribution in [3.05, 3.63) is 53.1 Å². The van der Waals surface area contributed by atoms with Crippen molar-refractivity contribution in [1.82, 2.24) is 4.90 Å². The molecule has 0 saturated heterocycles. The smallest absolute Gasteiger partial charge is 0.261 e. The van der Waals surface area contributed by atoms with Gasteiger partial charge in [-0.25, -0.2) is 0 Å². The quantitative estimate of drug-likeness (QED) is 0.841. The summed E-state index contributed by atoms with van der Waals surface area (Å²) in [6.07, 6.45) is 0.683. The molecule has 0 atom stereocenters. The molecule has 3 amide bonds. The number of rotatable bonds is 4. The van der Waals surface area contributed by atoms with Crippen LogP contribution in [-0.2, 0) is 0 Å². The number of fused-ring (bicyclic) bond motifs is 2. The van der Waals surface area contributed by atoms with Crippen LogP contribution in [0.2, 0.25) is 0 Å². The van der Waals surface area contributed by atoms with Gasteiger partial charge in [0.2, 0.25) is 0 Å². The molecular formula is C20H18N2O5. The van der Waals surface area contributed by atoms with Gasteiger partial charge in [-0.05, 0) is 36.8 Å². The van der Waals surface area contributed by atoms with Gasteiger partial charge in [0.05, 0.1) is 11.1 Å². The number of hydrogen-bond acceptors (Lipinski definition) is 5. The van der Waals surface area contributed by atoms with E-state index in [-0.39, 0.29) is 23.3 Å². The summed E-state index contributed by atoms with van der Waals surface area (Å²) in [4.78, 5) is 38.5. The fourth-order valence-corrected chi connectivity index (χ4v) is 3.18. The van der Waals surface area contributed by atoms with Crippen molar-refractivity contribution in [2.75, 3.05) is 25.1 Å². The van der Waals surface area contributed by atoms with Crippen LogP contribution in [0.3, 0.4) is 0 Å². The van der Waals surface area contributed by atoms with Crippen molar-refractivity contribution < 1.29 is 23.9 Å². The molecule has 2 aliphatic heterocycles. The number of nitrogens with one attached hydrogen (secondary N) is 1. The molecule has 0 unspecified atom stereocenters. The highest BCUT2D eigenvalue weighted by Gasteiger charge is 2.35. The van der Waals surface area contributed by atoms with E-state index in [1.54, 1.807) is 24.3 Å². The van der Waals surface area contributed by atoms with Gasteiger partial charge in [0.25, 0.3) is 17.7 Å². The number of imide groups is 1. The molecule has 7 heteroatoms. The Hall–Kier alpha value is -3.35. The second kappa shape index (κ2) is 6.75. The Balaban J connectivity index is 1.56. The number of benzene rings is 2. The molecule has 2 aromatic carbocycles. The molecule has 27 heavy (non-hydrogen) atoms. The molecule has 1 N–H and O–H groups in total. The standard InChI is InChI=1S/C20H18N2O5/c1-2-7-22-19(24)14-5-3-12(10-15(14)20(22)25)18(23)21-13-4-6-16-17(11-13)27-9-8-26-16/h3-6,10-11H,2,7-9H2,1H3,(H,21,23). The first-order chi connectivity index (χ1) is 13.1. The third-order valence-electron chi connectivity index (χ3n) is 4.48. The summed E-state index contributed by atoms with van der Waals surface area (Å²) in [6, 6.07) is 9.70. The summed E-state index contributed by atoms with van der Waals surface area (Å²) in [6.45, 7) is 3.22. The first-order valence-corrected chi connectivity index (χ1v) is 8.79. The molecule has 2 aromatic rings. The normalized spacial score (nSPS) is 14.9. The maximum absolute atomic E-state index is 12.6. The van der Waals surface area contributed by atoms with Crippen LogP contribution in [0.1, 0.15) is 44.4 Å². The zero-order chi connectivity index (χ0) is 19.0. The van der Waals surface area contributed by atoms with Crippen molar-refractivity contribution in [3.63, 3.8) is 0 Å². The average molecular weight is 366 g/mol. The van der Waals surface area contributed by atoms with Crippen molar-refractivity contribution in [3.8, 4) is 11.5 Å². The van der Waals surface area contributed by atoms with E-state index in [9.17, 15) is 14.4 Å². The molecular weight excluding hydrogens is 348 g/mol. The van der Waals surface area contributed by atoms with Gasteiger partial charge in [-0.1, -0.05) is 6.92 Å². The van der Waals surface area contributed by atoms with E-state index in [2.05, 4.69) is 5.32 Å². The van der Waals surface area contributed by atoms with Crippen LogP contribution < -0.4 is 14.8 Å². The summed E-state index contributed by atoms with van der Waals surface area (Å²) in [5.74, 6) is 0.172. The van der Waals surface area contributed by atoms with Gasteiger partial charge in [0.1, 0.15) is 13.2 Å². The Bertz CT molecular complexity index is 953. The minimum Gasteiger partial charge on any atom is -0.486 e. The fraction of sp³-hybridized carbons (Fsp3) is 0.250. The maximum atomic E-state index is 12.6. The highest BCUT2D eigenvalue weighted by molar-refractivity contribution is 6.22. The zero-order valence-corrected chi connectivity index (χ0v) is 14.8. The van der Waals surface area contributed by atoms with Gasteiger partial charge in [0.15, 0.2) is 11.5 Å². The minimum absolute atomic E-state index is 0.267. The van der Waals surface area contributed by atoms with E-state index in [0.29, 0.717) is 54.5 Å². The van der Waals surface area contributed by atoms with Gasteiger partial charge in [-0.15, -0.1) is 0 Å². The molecule has 2 aliphatic rings. The zero-order valence-electron chi connectivity index (χ0n) is 14.8. The van der Waals surface area contributed by atoms with E-state index in [1.165, 1.54) is 17.0 Å². The van der Waals surface area contributed by atoms with Crippen LogP contribution in [0.5, 0.6) is 11.5 Å². The molecule has 138 valence electrons. The number of ether oxygens (including phenoxy) is 2. The lowest BCUT2D eigenvalue weighted by Gasteiger charge is -2.19. The van der Waals surface area contributed by atoms with E-state index >= 15 is 0 Å². The summed E-state index contributed by atoms with van der Waals surface area (Å²) in [5, 5.41) is 2.78. The number of anilines is 1. The van der Waals surface area contributed by atoms with Gasteiger partial charge in [-0.2, -0.15) is 0 Å². The minimum atomic E-state index is -0.372. The summed E-state index contributed by atoms with van der Waals surface area (Å²) in [5.41, 5.74) is 1.47. The topological polar surface area (TPSA) is 84.9 Å². The molecule has 0 saturated carbocycles. The molecule has 0 aliphatic carbocycles. The van der Waals surface area contributed by atoms with Crippen molar-refractivity contribution in [2.45, 2.75) is 13.3 Å². The Kier molecular flexibility index (Phi) is 4.27. The number of carbonyl (C=O) groups excluding carboxylic acids is 3. The number of nitrogens with zero attached hydrogens (tertiary/aromatic N) is 1. The van der Waals surface area contributed by atoms with Crippen molar-refractivity contribution >= 4 is 23.4 Å². The first-order valence-electron chi connectivity index (χ1n) is 8.79. The molecule has 0 bridgehead atoms. The van der Waals surface area contributed by atoms with Gasteiger partial charge in [0, 0.05) is 23.9 Å². The maximum Gasteiger partial charge on any atom is 0.261 e. The van der Waals surface area contributed by atoms with Crippen LogP contribution in [0.4, 0.5) is 5.69 Å². The molecule has 0 radical (unpaired) electrons. The van der Waals surface area contributed by atoms with Crippen LogP contribution in [-0.4, -0.2) is 42.4 Å². The van der Waals surface area contributed by atoms with Gasteiger partial charge >= 0.3 is 0 Å². The molecule has 0 fully saturated rings.